The van der Waals surface area contributed by atoms with Gasteiger partial charge in [0.2, 0.25) is 0 Å². The van der Waals surface area contributed by atoms with E-state index < -0.39 is 9.84 Å². The van der Waals surface area contributed by atoms with E-state index in [2.05, 4.69) is 0 Å². The zero-order chi connectivity index (χ0) is 19.4. The number of nitriles is 1. The summed E-state index contributed by atoms with van der Waals surface area (Å²) in [6.07, 6.45) is 4.41. The van der Waals surface area contributed by atoms with Gasteiger partial charge in [0.25, 0.3) is 5.91 Å². The SMILES string of the molecule is COc1cc(C#N)ccc1OCC(=O)N(C1CCCC1)C1CCS(=O)(=O)C1. The lowest BCUT2D eigenvalue weighted by molar-refractivity contribution is -0.137. The summed E-state index contributed by atoms with van der Waals surface area (Å²) < 4.78 is 34.7. The Bertz CT molecular complexity index is 840. The van der Waals surface area contributed by atoms with Gasteiger partial charge in [0.15, 0.2) is 27.9 Å². The highest BCUT2D eigenvalue weighted by atomic mass is 32.2. The minimum Gasteiger partial charge on any atom is -0.493 e. The van der Waals surface area contributed by atoms with Crippen molar-refractivity contribution >= 4 is 15.7 Å². The van der Waals surface area contributed by atoms with E-state index in [1.165, 1.54) is 7.11 Å². The van der Waals surface area contributed by atoms with Gasteiger partial charge < -0.3 is 14.4 Å². The van der Waals surface area contributed by atoms with Crippen molar-refractivity contribution < 1.29 is 22.7 Å². The van der Waals surface area contributed by atoms with Crippen LogP contribution in [-0.2, 0) is 14.6 Å². The normalized spacial score (nSPS) is 21.6. The molecule has 0 N–H and O–H groups in total. The van der Waals surface area contributed by atoms with Crippen molar-refractivity contribution in [1.82, 2.24) is 4.90 Å². The molecule has 1 atom stereocenters. The maximum absolute atomic E-state index is 12.9. The monoisotopic (exact) mass is 392 g/mol. The van der Waals surface area contributed by atoms with Crippen LogP contribution in [0.5, 0.6) is 11.5 Å². The fourth-order valence-corrected chi connectivity index (χ4v) is 5.66. The molecule has 0 radical (unpaired) electrons. The van der Waals surface area contributed by atoms with E-state index in [1.54, 1.807) is 23.1 Å². The minimum atomic E-state index is -3.07. The molecule has 7 nitrogen and oxygen atoms in total. The Morgan fingerprint density at radius 3 is 2.56 bits per heavy atom. The molecule has 1 saturated heterocycles. The summed E-state index contributed by atoms with van der Waals surface area (Å²) in [5.41, 5.74) is 0.439. The number of amides is 1. The van der Waals surface area contributed by atoms with E-state index in [0.717, 1.165) is 25.7 Å². The Balaban J connectivity index is 1.72. The van der Waals surface area contributed by atoms with Gasteiger partial charge in [-0.1, -0.05) is 12.8 Å². The molecule has 1 aromatic carbocycles. The van der Waals surface area contributed by atoms with Gasteiger partial charge in [0.05, 0.1) is 30.2 Å². The van der Waals surface area contributed by atoms with Crippen molar-refractivity contribution in [1.29, 1.82) is 5.26 Å². The first-order valence-corrected chi connectivity index (χ1v) is 11.0. The molecule has 1 aliphatic carbocycles. The van der Waals surface area contributed by atoms with Crippen LogP contribution in [0.4, 0.5) is 0 Å². The molecular formula is C19H24N2O5S. The van der Waals surface area contributed by atoms with Crippen LogP contribution in [0.2, 0.25) is 0 Å². The second-order valence-corrected chi connectivity index (χ2v) is 9.29. The van der Waals surface area contributed by atoms with Gasteiger partial charge in [0.1, 0.15) is 0 Å². The third kappa shape index (κ3) is 4.53. The topological polar surface area (TPSA) is 96.7 Å². The number of methoxy groups -OCH3 is 1. The summed E-state index contributed by atoms with van der Waals surface area (Å²) in [6, 6.07) is 6.60. The lowest BCUT2D eigenvalue weighted by atomic mass is 10.1. The molecule has 27 heavy (non-hydrogen) atoms. The second-order valence-electron chi connectivity index (χ2n) is 7.06. The zero-order valence-electron chi connectivity index (χ0n) is 15.4. The van der Waals surface area contributed by atoms with Crippen LogP contribution in [-0.4, -0.2) is 56.5 Å². The number of benzene rings is 1. The molecule has 2 aliphatic rings. The van der Waals surface area contributed by atoms with Crippen molar-refractivity contribution in [3.63, 3.8) is 0 Å². The van der Waals surface area contributed by atoms with Gasteiger partial charge in [-0.15, -0.1) is 0 Å². The predicted molar refractivity (Wildman–Crippen MR) is 99.4 cm³/mol. The molecule has 2 fully saturated rings. The summed E-state index contributed by atoms with van der Waals surface area (Å²) >= 11 is 0. The van der Waals surface area contributed by atoms with Crippen LogP contribution >= 0.6 is 0 Å². The molecule has 8 heteroatoms. The number of nitrogens with zero attached hydrogens (tertiary/aromatic N) is 2. The first kappa shape index (κ1) is 19.5. The van der Waals surface area contributed by atoms with Crippen molar-refractivity contribution in [2.24, 2.45) is 0 Å². The fraction of sp³-hybridized carbons (Fsp3) is 0.579. The summed E-state index contributed by atoms with van der Waals surface area (Å²) in [5, 5.41) is 8.97. The van der Waals surface area contributed by atoms with Crippen LogP contribution in [0, 0.1) is 11.3 Å². The van der Waals surface area contributed by atoms with Crippen molar-refractivity contribution in [3.05, 3.63) is 23.8 Å². The first-order chi connectivity index (χ1) is 12.9. The zero-order valence-corrected chi connectivity index (χ0v) is 16.2. The molecular weight excluding hydrogens is 368 g/mol. The Hall–Kier alpha value is -2.27. The highest BCUT2D eigenvalue weighted by Crippen LogP contribution is 2.31. The summed E-state index contributed by atoms with van der Waals surface area (Å²) in [7, 11) is -1.60. The molecule has 1 amide bonds. The molecule has 1 aromatic rings. The average molecular weight is 392 g/mol. The van der Waals surface area contributed by atoms with Crippen molar-refractivity contribution in [3.8, 4) is 17.6 Å². The minimum absolute atomic E-state index is 0.0371. The Morgan fingerprint density at radius 2 is 1.96 bits per heavy atom. The van der Waals surface area contributed by atoms with Crippen molar-refractivity contribution in [2.45, 2.75) is 44.2 Å². The number of carbonyl (C=O) groups is 1. The third-order valence-corrected chi connectivity index (χ3v) is 7.00. The van der Waals surface area contributed by atoms with Crippen LogP contribution in [0.25, 0.3) is 0 Å². The fourth-order valence-electron chi connectivity index (χ4n) is 3.95. The average Bonchev–Trinajstić information content (AvgIpc) is 3.30. The second kappa shape index (κ2) is 8.17. The van der Waals surface area contributed by atoms with Gasteiger partial charge in [-0.05, 0) is 31.4 Å². The van der Waals surface area contributed by atoms with Crippen LogP contribution in [0.1, 0.15) is 37.7 Å². The maximum Gasteiger partial charge on any atom is 0.261 e. The van der Waals surface area contributed by atoms with E-state index in [1.807, 2.05) is 6.07 Å². The molecule has 1 heterocycles. The molecule has 1 aliphatic heterocycles. The van der Waals surface area contributed by atoms with E-state index in [4.69, 9.17) is 14.7 Å². The first-order valence-electron chi connectivity index (χ1n) is 9.16. The molecule has 1 saturated carbocycles. The van der Waals surface area contributed by atoms with Gasteiger partial charge in [-0.3, -0.25) is 4.79 Å². The van der Waals surface area contributed by atoms with Crippen LogP contribution in [0.15, 0.2) is 18.2 Å². The maximum atomic E-state index is 12.9. The Labute approximate surface area is 159 Å². The number of hydrogen-bond acceptors (Lipinski definition) is 6. The van der Waals surface area contributed by atoms with E-state index in [9.17, 15) is 13.2 Å². The smallest absolute Gasteiger partial charge is 0.261 e. The predicted octanol–water partition coefficient (Wildman–Crippen LogP) is 1.90. The van der Waals surface area contributed by atoms with Gasteiger partial charge in [0, 0.05) is 18.2 Å². The van der Waals surface area contributed by atoms with Gasteiger partial charge in [-0.2, -0.15) is 5.26 Å². The lowest BCUT2D eigenvalue weighted by Gasteiger charge is -2.34. The van der Waals surface area contributed by atoms with Crippen molar-refractivity contribution in [2.75, 3.05) is 25.2 Å². The summed E-state index contributed by atoms with van der Waals surface area (Å²) in [6.45, 7) is -0.185. The van der Waals surface area contributed by atoms with Crippen LogP contribution in [0.3, 0.4) is 0 Å². The number of ether oxygens (including phenoxy) is 2. The third-order valence-electron chi connectivity index (χ3n) is 5.25. The Kier molecular flexibility index (Phi) is 5.90. The highest BCUT2D eigenvalue weighted by Gasteiger charge is 2.39. The summed E-state index contributed by atoms with van der Waals surface area (Å²) in [4.78, 5) is 14.7. The number of sulfone groups is 1. The van der Waals surface area contributed by atoms with E-state index in [-0.39, 0.29) is 36.1 Å². The quantitative estimate of drug-likeness (QED) is 0.734. The highest BCUT2D eigenvalue weighted by molar-refractivity contribution is 7.91. The number of hydrogen-bond donors (Lipinski definition) is 0. The van der Waals surface area contributed by atoms with Gasteiger partial charge in [-0.25, -0.2) is 8.42 Å². The molecule has 3 rings (SSSR count). The largest absolute Gasteiger partial charge is 0.493 e. The molecule has 0 bridgehead atoms. The van der Waals surface area contributed by atoms with E-state index in [0.29, 0.717) is 23.5 Å². The number of rotatable bonds is 6. The molecule has 0 spiro atoms. The van der Waals surface area contributed by atoms with Crippen LogP contribution < -0.4 is 9.47 Å². The van der Waals surface area contributed by atoms with Gasteiger partial charge >= 0.3 is 0 Å². The Morgan fingerprint density at radius 1 is 1.22 bits per heavy atom. The number of carbonyl (C=O) groups excluding carboxylic acids is 1. The van der Waals surface area contributed by atoms with E-state index >= 15 is 0 Å². The standard InChI is InChI=1S/C19H24N2O5S/c1-25-18-10-14(11-20)6-7-17(18)26-12-19(22)21(15-4-2-3-5-15)16-8-9-27(23,24)13-16/h6-7,10,15-16H,2-5,8-9,12-13H2,1H3. The lowest BCUT2D eigenvalue weighted by Crippen LogP contribution is -2.48. The molecule has 146 valence electrons. The molecule has 0 aromatic heterocycles. The molecule has 1 unspecified atom stereocenters. The summed E-state index contributed by atoms with van der Waals surface area (Å²) in [5.74, 6) is 0.747.